The molecule has 4 aliphatic carbocycles. The summed E-state index contributed by atoms with van der Waals surface area (Å²) in [6.07, 6.45) is 7.87. The monoisotopic (exact) mass is 536 g/mol. The van der Waals surface area contributed by atoms with E-state index in [1.165, 1.54) is 32.1 Å². The molecule has 4 saturated carbocycles. The minimum atomic E-state index is -0.574. The van der Waals surface area contributed by atoms with Gasteiger partial charge in [0, 0.05) is 41.4 Å². The van der Waals surface area contributed by atoms with Crippen LogP contribution in [0, 0.1) is 23.7 Å². The van der Waals surface area contributed by atoms with Crippen molar-refractivity contribution in [3.05, 3.63) is 45.4 Å². The number of hydrogen-bond donors (Lipinski definition) is 2. The summed E-state index contributed by atoms with van der Waals surface area (Å²) >= 11 is 3.45. The van der Waals surface area contributed by atoms with Crippen LogP contribution in [0.5, 0.6) is 0 Å². The van der Waals surface area contributed by atoms with Crippen LogP contribution in [0.2, 0.25) is 0 Å². The topological polar surface area (TPSA) is 91.4 Å². The zero-order chi connectivity index (χ0) is 25.1. The highest BCUT2D eigenvalue weighted by atomic mass is 32.2. The number of rotatable bonds is 7. The van der Waals surface area contributed by atoms with Crippen molar-refractivity contribution in [3.8, 4) is 0 Å². The second-order valence-electron chi connectivity index (χ2n) is 11.6. The summed E-state index contributed by atoms with van der Waals surface area (Å²) in [5.41, 5.74) is 2.75. The number of hydrogen-bond acceptors (Lipinski definition) is 7. The standard InChI is InChI=1S/C28H32N4O3S2/c33-24-4-3-23(27(34)31-24)32-12-19-10-21(1-2-22(19)28(32)35)36-14-25-30-20(13-37-25)11-29-26-17-6-15-5-16(8-17)9-18(26)7-15/h1-2,10,13,15-18,23,26,29H,3-9,11-12,14H2,(H,31,33,34). The number of thiazole rings is 1. The van der Waals surface area contributed by atoms with Gasteiger partial charge in [0.25, 0.3) is 5.91 Å². The summed E-state index contributed by atoms with van der Waals surface area (Å²) in [7, 11) is 0. The Morgan fingerprint density at radius 1 is 1.08 bits per heavy atom. The smallest absolute Gasteiger partial charge is 0.255 e. The minimum Gasteiger partial charge on any atom is -0.322 e. The van der Waals surface area contributed by atoms with Gasteiger partial charge in [-0.25, -0.2) is 4.98 Å². The van der Waals surface area contributed by atoms with Gasteiger partial charge in [-0.05, 0) is 86.0 Å². The first-order chi connectivity index (χ1) is 18.0. The van der Waals surface area contributed by atoms with E-state index in [9.17, 15) is 14.4 Å². The molecule has 1 aromatic heterocycles. The number of piperidine rings is 1. The summed E-state index contributed by atoms with van der Waals surface area (Å²) in [5.74, 6) is 3.79. The van der Waals surface area contributed by atoms with E-state index in [2.05, 4.69) is 22.1 Å². The first-order valence-electron chi connectivity index (χ1n) is 13.6. The van der Waals surface area contributed by atoms with E-state index in [0.717, 1.165) is 57.1 Å². The number of aromatic nitrogens is 1. The molecule has 6 aliphatic rings. The number of thioether (sulfide) groups is 1. The first kappa shape index (κ1) is 23.9. The molecule has 1 atom stereocenters. The summed E-state index contributed by atoms with van der Waals surface area (Å²) in [5, 5.41) is 9.56. The van der Waals surface area contributed by atoms with Crippen molar-refractivity contribution in [2.45, 2.75) is 80.8 Å². The molecule has 194 valence electrons. The maximum absolute atomic E-state index is 12.9. The molecule has 8 rings (SSSR count). The largest absolute Gasteiger partial charge is 0.322 e. The van der Waals surface area contributed by atoms with Crippen LogP contribution in [-0.4, -0.2) is 39.7 Å². The number of carbonyl (C=O) groups is 3. The second-order valence-corrected chi connectivity index (χ2v) is 13.6. The SMILES string of the molecule is O=C1CCC(N2Cc3cc(SCc4nc(CNC5C6CC7CC(C6)CC5C7)cs4)ccc3C2=O)C(=O)N1. The number of benzene rings is 1. The van der Waals surface area contributed by atoms with Crippen LogP contribution >= 0.6 is 23.1 Å². The van der Waals surface area contributed by atoms with Crippen molar-refractivity contribution < 1.29 is 14.4 Å². The molecule has 5 fully saturated rings. The van der Waals surface area contributed by atoms with Gasteiger partial charge in [0.05, 0.1) is 11.4 Å². The van der Waals surface area contributed by atoms with Crippen molar-refractivity contribution in [1.82, 2.24) is 20.5 Å². The Kier molecular flexibility index (Phi) is 6.13. The molecule has 3 amide bonds. The predicted molar refractivity (Wildman–Crippen MR) is 142 cm³/mol. The van der Waals surface area contributed by atoms with Gasteiger partial charge >= 0.3 is 0 Å². The highest BCUT2D eigenvalue weighted by Gasteiger charge is 2.48. The van der Waals surface area contributed by atoms with Crippen LogP contribution in [0.15, 0.2) is 28.5 Å². The van der Waals surface area contributed by atoms with Gasteiger partial charge < -0.3 is 10.2 Å². The van der Waals surface area contributed by atoms with Crippen LogP contribution in [0.4, 0.5) is 0 Å². The Labute approximate surface area is 225 Å². The van der Waals surface area contributed by atoms with Gasteiger partial charge in [0.2, 0.25) is 11.8 Å². The zero-order valence-corrected chi connectivity index (χ0v) is 22.4. The Balaban J connectivity index is 0.941. The fraction of sp³-hybridized carbons (Fsp3) is 0.571. The molecule has 2 N–H and O–H groups in total. The van der Waals surface area contributed by atoms with Crippen molar-refractivity contribution in [2.75, 3.05) is 0 Å². The molecule has 9 heteroatoms. The fourth-order valence-electron chi connectivity index (χ4n) is 7.76. The van der Waals surface area contributed by atoms with Gasteiger partial charge in [-0.2, -0.15) is 0 Å². The average Bonchev–Trinajstić information content (AvgIpc) is 3.46. The quantitative estimate of drug-likeness (QED) is 0.409. The molecule has 2 aliphatic heterocycles. The maximum Gasteiger partial charge on any atom is 0.255 e. The fourth-order valence-corrected chi connectivity index (χ4v) is 9.53. The Bertz CT molecular complexity index is 1230. The van der Waals surface area contributed by atoms with E-state index in [1.807, 2.05) is 12.1 Å². The molecule has 1 saturated heterocycles. The molecule has 3 heterocycles. The number of nitrogens with one attached hydrogen (secondary N) is 2. The van der Waals surface area contributed by atoms with E-state index in [0.29, 0.717) is 24.6 Å². The van der Waals surface area contributed by atoms with Gasteiger partial charge in [0.15, 0.2) is 0 Å². The second kappa shape index (κ2) is 9.50. The lowest BCUT2D eigenvalue weighted by Gasteiger charge is -2.54. The summed E-state index contributed by atoms with van der Waals surface area (Å²) in [6.45, 7) is 1.28. The molecule has 37 heavy (non-hydrogen) atoms. The van der Waals surface area contributed by atoms with E-state index >= 15 is 0 Å². The zero-order valence-electron chi connectivity index (χ0n) is 20.8. The predicted octanol–water partition coefficient (Wildman–Crippen LogP) is 4.11. The van der Waals surface area contributed by atoms with Crippen molar-refractivity contribution >= 4 is 40.8 Å². The van der Waals surface area contributed by atoms with E-state index in [-0.39, 0.29) is 24.1 Å². The molecular weight excluding hydrogens is 504 g/mol. The lowest BCUT2D eigenvalue weighted by Crippen LogP contribution is -2.54. The maximum atomic E-state index is 12.9. The number of imide groups is 1. The van der Waals surface area contributed by atoms with E-state index in [4.69, 9.17) is 4.98 Å². The highest BCUT2D eigenvalue weighted by Crippen LogP contribution is 2.53. The van der Waals surface area contributed by atoms with Crippen molar-refractivity contribution in [3.63, 3.8) is 0 Å². The number of carbonyl (C=O) groups excluding carboxylic acids is 3. The molecule has 2 aromatic rings. The van der Waals surface area contributed by atoms with Crippen LogP contribution in [0.25, 0.3) is 0 Å². The third kappa shape index (κ3) is 4.53. The minimum absolute atomic E-state index is 0.128. The van der Waals surface area contributed by atoms with Crippen LogP contribution in [0.3, 0.4) is 0 Å². The summed E-state index contributed by atoms with van der Waals surface area (Å²) < 4.78 is 0. The Hall–Kier alpha value is -2.23. The molecule has 1 unspecified atom stereocenters. The number of nitrogens with zero attached hydrogens (tertiary/aromatic N) is 2. The average molecular weight is 537 g/mol. The third-order valence-electron chi connectivity index (χ3n) is 9.20. The molecule has 7 nitrogen and oxygen atoms in total. The van der Waals surface area contributed by atoms with Gasteiger partial charge in [-0.15, -0.1) is 23.1 Å². The first-order valence-corrected chi connectivity index (χ1v) is 15.4. The molecule has 4 bridgehead atoms. The Morgan fingerprint density at radius 2 is 1.86 bits per heavy atom. The van der Waals surface area contributed by atoms with Crippen LogP contribution in [-0.2, 0) is 28.4 Å². The lowest BCUT2D eigenvalue weighted by atomic mass is 9.54. The summed E-state index contributed by atoms with van der Waals surface area (Å²) in [6, 6.07) is 6.02. The normalized spacial score (nSPS) is 32.2. The van der Waals surface area contributed by atoms with Crippen LogP contribution < -0.4 is 10.6 Å². The van der Waals surface area contributed by atoms with Crippen molar-refractivity contribution in [1.29, 1.82) is 0 Å². The van der Waals surface area contributed by atoms with Crippen molar-refractivity contribution in [2.24, 2.45) is 23.7 Å². The highest BCUT2D eigenvalue weighted by molar-refractivity contribution is 7.98. The molecule has 0 spiro atoms. The Morgan fingerprint density at radius 3 is 2.62 bits per heavy atom. The number of fused-ring (bicyclic) bond motifs is 1. The number of amides is 3. The molecular formula is C28H32N4O3S2. The van der Waals surface area contributed by atoms with Crippen LogP contribution in [0.1, 0.15) is 71.6 Å². The molecule has 0 radical (unpaired) electrons. The van der Waals surface area contributed by atoms with E-state index in [1.54, 1.807) is 28.0 Å². The van der Waals surface area contributed by atoms with E-state index < -0.39 is 6.04 Å². The van der Waals surface area contributed by atoms with Gasteiger partial charge in [-0.1, -0.05) is 0 Å². The van der Waals surface area contributed by atoms with Gasteiger partial charge in [0.1, 0.15) is 11.0 Å². The molecule has 1 aromatic carbocycles. The summed E-state index contributed by atoms with van der Waals surface area (Å²) in [4.78, 5) is 44.3. The lowest BCUT2D eigenvalue weighted by molar-refractivity contribution is -0.136. The van der Waals surface area contributed by atoms with Gasteiger partial charge in [-0.3, -0.25) is 19.7 Å². The third-order valence-corrected chi connectivity index (χ3v) is 11.3.